The Morgan fingerprint density at radius 1 is 1.28 bits per heavy atom. The van der Waals surface area contributed by atoms with Gasteiger partial charge in [-0.3, -0.25) is 4.79 Å². The smallest absolute Gasteiger partial charge is 0.336 e. The lowest BCUT2D eigenvalue weighted by atomic mass is 9.74. The average Bonchev–Trinajstić information content (AvgIpc) is 3.36. The van der Waals surface area contributed by atoms with Crippen LogP contribution in [0.15, 0.2) is 56.6 Å². The predicted octanol–water partition coefficient (Wildman–Crippen LogP) is 4.96. The number of hydrogen-bond acceptors (Lipinski definition) is 6. The molecule has 1 N–H and O–H groups in total. The van der Waals surface area contributed by atoms with Crippen molar-refractivity contribution < 1.29 is 18.7 Å². The van der Waals surface area contributed by atoms with Crippen molar-refractivity contribution in [3.63, 3.8) is 0 Å². The van der Waals surface area contributed by atoms with Gasteiger partial charge in [0.1, 0.15) is 11.5 Å². The summed E-state index contributed by atoms with van der Waals surface area (Å²) in [6, 6.07) is 7.82. The highest BCUT2D eigenvalue weighted by molar-refractivity contribution is 7.10. The minimum absolute atomic E-state index is 0.0597. The lowest BCUT2D eigenvalue weighted by Crippen LogP contribution is -2.36. The van der Waals surface area contributed by atoms with Crippen molar-refractivity contribution in [1.82, 2.24) is 5.32 Å². The van der Waals surface area contributed by atoms with E-state index >= 15 is 0 Å². The van der Waals surface area contributed by atoms with Crippen molar-refractivity contribution in [3.05, 3.63) is 68.6 Å². The number of carbonyl (C=O) groups excluding carboxylic acids is 2. The SMILES string of the molecule is CCCOC(=O)C1=C(C)NC2=C(C(=O)C[C@H](c3cccs3)C2)[C@@H]1c1ccc(C)o1. The summed E-state index contributed by atoms with van der Waals surface area (Å²) in [5, 5.41) is 5.40. The van der Waals surface area contributed by atoms with Gasteiger partial charge in [-0.15, -0.1) is 11.3 Å². The molecule has 152 valence electrons. The molecule has 0 saturated carbocycles. The van der Waals surface area contributed by atoms with Gasteiger partial charge in [0.15, 0.2) is 5.78 Å². The summed E-state index contributed by atoms with van der Waals surface area (Å²) in [6.45, 7) is 6.03. The summed E-state index contributed by atoms with van der Waals surface area (Å²) in [5.74, 6) is 0.664. The molecular weight excluding hydrogens is 386 g/mol. The van der Waals surface area contributed by atoms with Crippen LogP contribution in [-0.2, 0) is 14.3 Å². The first-order valence-electron chi connectivity index (χ1n) is 10.0. The van der Waals surface area contributed by atoms with Gasteiger partial charge in [-0.05, 0) is 50.3 Å². The number of Topliss-reactive ketones (excluding diaryl/α,β-unsaturated/α-hetero) is 1. The lowest BCUT2D eigenvalue weighted by molar-refractivity contribution is -0.139. The van der Waals surface area contributed by atoms with Gasteiger partial charge in [-0.25, -0.2) is 4.79 Å². The first-order chi connectivity index (χ1) is 14.0. The quantitative estimate of drug-likeness (QED) is 0.704. The summed E-state index contributed by atoms with van der Waals surface area (Å²) in [6.07, 6.45) is 1.92. The number of furan rings is 1. The van der Waals surface area contributed by atoms with Crippen LogP contribution in [0, 0.1) is 6.92 Å². The van der Waals surface area contributed by atoms with E-state index in [0.717, 1.165) is 30.0 Å². The van der Waals surface area contributed by atoms with E-state index in [-0.39, 0.29) is 11.7 Å². The van der Waals surface area contributed by atoms with E-state index in [1.807, 2.05) is 44.4 Å². The standard InChI is InChI=1S/C23H25NO4S/c1-4-9-27-23(26)20-14(3)24-16-11-15(19-6-5-10-29-19)12-17(25)21(16)22(20)18-8-7-13(2)28-18/h5-8,10,15,22,24H,4,9,11-12H2,1-3H3/t15-,22-/m1/s1. The van der Waals surface area contributed by atoms with Crippen LogP contribution in [0.2, 0.25) is 0 Å². The molecule has 0 radical (unpaired) electrons. The molecule has 0 bridgehead atoms. The molecule has 0 fully saturated rings. The van der Waals surface area contributed by atoms with Crippen molar-refractivity contribution in [2.24, 2.45) is 0 Å². The molecule has 0 unspecified atom stereocenters. The Balaban J connectivity index is 1.77. The molecule has 0 aromatic carbocycles. The van der Waals surface area contributed by atoms with Crippen LogP contribution in [0.25, 0.3) is 0 Å². The molecule has 2 aromatic heterocycles. The third-order valence-electron chi connectivity index (χ3n) is 5.48. The van der Waals surface area contributed by atoms with Crippen LogP contribution >= 0.6 is 11.3 Å². The van der Waals surface area contributed by atoms with Crippen molar-refractivity contribution in [3.8, 4) is 0 Å². The topological polar surface area (TPSA) is 68.5 Å². The van der Waals surface area contributed by atoms with Crippen LogP contribution in [0.4, 0.5) is 0 Å². The Kier molecular flexibility index (Phi) is 5.46. The Labute approximate surface area is 174 Å². The molecular formula is C23H25NO4S. The zero-order valence-corrected chi connectivity index (χ0v) is 17.7. The zero-order valence-electron chi connectivity index (χ0n) is 16.9. The van der Waals surface area contributed by atoms with E-state index in [0.29, 0.717) is 29.9 Å². The van der Waals surface area contributed by atoms with Crippen molar-refractivity contribution in [1.29, 1.82) is 0 Å². The normalized spacial score (nSPS) is 21.8. The van der Waals surface area contributed by atoms with Gasteiger partial charge in [0.2, 0.25) is 0 Å². The summed E-state index contributed by atoms with van der Waals surface area (Å²) in [7, 11) is 0. The molecule has 6 heteroatoms. The van der Waals surface area contributed by atoms with Gasteiger partial charge >= 0.3 is 5.97 Å². The van der Waals surface area contributed by atoms with Crippen LogP contribution in [0.1, 0.15) is 61.3 Å². The Morgan fingerprint density at radius 2 is 2.10 bits per heavy atom. The van der Waals surface area contributed by atoms with Crippen LogP contribution in [0.5, 0.6) is 0 Å². The van der Waals surface area contributed by atoms with Gasteiger partial charge < -0.3 is 14.5 Å². The average molecular weight is 412 g/mol. The highest BCUT2D eigenvalue weighted by Gasteiger charge is 2.42. The number of thiophene rings is 1. The fourth-order valence-corrected chi connectivity index (χ4v) is 5.03. The van der Waals surface area contributed by atoms with E-state index in [1.165, 1.54) is 4.88 Å². The molecule has 3 heterocycles. The van der Waals surface area contributed by atoms with E-state index in [2.05, 4.69) is 11.4 Å². The Morgan fingerprint density at radius 3 is 2.76 bits per heavy atom. The summed E-state index contributed by atoms with van der Waals surface area (Å²) in [4.78, 5) is 27.4. The maximum atomic E-state index is 13.3. The number of ketones is 1. The van der Waals surface area contributed by atoms with Gasteiger partial charge in [0, 0.05) is 34.2 Å². The van der Waals surface area contributed by atoms with E-state index in [4.69, 9.17) is 9.15 Å². The number of rotatable bonds is 5. The minimum Gasteiger partial charge on any atom is -0.465 e. The van der Waals surface area contributed by atoms with E-state index in [9.17, 15) is 9.59 Å². The van der Waals surface area contributed by atoms with Gasteiger partial charge in [0.25, 0.3) is 0 Å². The second kappa shape index (κ2) is 8.03. The zero-order chi connectivity index (χ0) is 20.5. The van der Waals surface area contributed by atoms with E-state index < -0.39 is 11.9 Å². The molecule has 1 aliphatic heterocycles. The van der Waals surface area contributed by atoms with Gasteiger partial charge in [0.05, 0.1) is 18.1 Å². The molecule has 2 aromatic rings. The van der Waals surface area contributed by atoms with Crippen molar-refractivity contribution >= 4 is 23.1 Å². The molecule has 0 spiro atoms. The van der Waals surface area contributed by atoms with Gasteiger partial charge in [-0.1, -0.05) is 13.0 Å². The fraction of sp³-hybridized carbons (Fsp3) is 0.391. The maximum absolute atomic E-state index is 13.3. The molecule has 1 aliphatic carbocycles. The van der Waals surface area contributed by atoms with Crippen LogP contribution in [0.3, 0.4) is 0 Å². The molecule has 0 amide bonds. The number of nitrogens with one attached hydrogen (secondary N) is 1. The molecule has 2 atom stereocenters. The van der Waals surface area contributed by atoms with E-state index in [1.54, 1.807) is 11.3 Å². The largest absolute Gasteiger partial charge is 0.465 e. The molecule has 29 heavy (non-hydrogen) atoms. The third-order valence-corrected chi connectivity index (χ3v) is 6.51. The predicted molar refractivity (Wildman–Crippen MR) is 112 cm³/mol. The molecule has 5 nitrogen and oxygen atoms in total. The number of ether oxygens (including phenoxy) is 1. The number of esters is 1. The number of carbonyl (C=O) groups is 2. The first kappa shape index (κ1) is 19.7. The third kappa shape index (κ3) is 3.69. The van der Waals surface area contributed by atoms with Crippen LogP contribution < -0.4 is 5.32 Å². The van der Waals surface area contributed by atoms with Crippen molar-refractivity contribution in [2.45, 2.75) is 51.9 Å². The van der Waals surface area contributed by atoms with Gasteiger partial charge in [-0.2, -0.15) is 0 Å². The molecule has 0 saturated heterocycles. The Bertz CT molecular complexity index is 996. The molecule has 2 aliphatic rings. The Hall–Kier alpha value is -2.60. The lowest BCUT2D eigenvalue weighted by Gasteiger charge is -2.35. The van der Waals surface area contributed by atoms with Crippen molar-refractivity contribution in [2.75, 3.05) is 6.61 Å². The highest BCUT2D eigenvalue weighted by Crippen LogP contribution is 2.46. The summed E-state index contributed by atoms with van der Waals surface area (Å²) >= 11 is 1.68. The van der Waals surface area contributed by atoms with Crippen LogP contribution in [-0.4, -0.2) is 18.4 Å². The first-order valence-corrected chi connectivity index (χ1v) is 10.9. The second-order valence-corrected chi connectivity index (χ2v) is 8.60. The summed E-state index contributed by atoms with van der Waals surface area (Å²) in [5.41, 5.74) is 2.72. The highest BCUT2D eigenvalue weighted by atomic mass is 32.1. The number of aryl methyl sites for hydroxylation is 1. The monoisotopic (exact) mass is 411 g/mol. The number of allylic oxidation sites excluding steroid dienone is 3. The second-order valence-electron chi connectivity index (χ2n) is 7.62. The summed E-state index contributed by atoms with van der Waals surface area (Å²) < 4.78 is 11.3. The maximum Gasteiger partial charge on any atom is 0.336 e. The number of dihydropyridines is 1. The minimum atomic E-state index is -0.527. The fourth-order valence-electron chi connectivity index (χ4n) is 4.20. The number of hydrogen-bond donors (Lipinski definition) is 1. The molecule has 4 rings (SSSR count).